The molecule has 0 aromatic heterocycles. The summed E-state index contributed by atoms with van der Waals surface area (Å²) < 4.78 is 5.73. The first-order valence-corrected chi connectivity index (χ1v) is 15.8. The molecule has 4 aliphatic rings. The lowest BCUT2D eigenvalue weighted by molar-refractivity contribution is -0.148. The number of aromatic hydroxyl groups is 1. The standard InChI is InChI=1S/C35H41N3O8/c1-38(2)29-23-15-18-14-22-20(21-13-17(9-12-25(21)46-3)16-37-19-7-5-4-6-8-19)10-11-24(39)27(22)30(40)26(18)32(42)35(23,45)33(43)28(31(29)41)34(36)44/h9-13,18-19,23,29,37,39,41-42,45H,4-8,14-16H2,1-3H3,(H2,36,44)/t18-,23+,29?,35-/m0/s1. The van der Waals surface area contributed by atoms with Crippen molar-refractivity contribution >= 4 is 17.5 Å². The summed E-state index contributed by atoms with van der Waals surface area (Å²) in [6.07, 6.45) is 6.20. The lowest BCUT2D eigenvalue weighted by atomic mass is 9.58. The van der Waals surface area contributed by atoms with Crippen LogP contribution in [0.15, 0.2) is 53.0 Å². The highest BCUT2D eigenvalue weighted by atomic mass is 16.5. The molecule has 1 unspecified atom stereocenters. The Morgan fingerprint density at radius 2 is 1.78 bits per heavy atom. The van der Waals surface area contributed by atoms with E-state index in [4.69, 9.17) is 10.5 Å². The molecule has 0 heterocycles. The number of amides is 1. The molecular weight excluding hydrogens is 590 g/mol. The maximum atomic E-state index is 14.2. The summed E-state index contributed by atoms with van der Waals surface area (Å²) in [6, 6.07) is 8.47. The molecule has 0 spiro atoms. The second-order valence-electron chi connectivity index (χ2n) is 13.2. The van der Waals surface area contributed by atoms with E-state index in [-0.39, 0.29) is 29.7 Å². The van der Waals surface area contributed by atoms with Crippen molar-refractivity contribution in [3.05, 3.63) is 69.7 Å². The van der Waals surface area contributed by atoms with Crippen molar-refractivity contribution in [2.24, 2.45) is 17.6 Å². The number of phenolic OH excluding ortho intramolecular Hbond substituents is 1. The number of carbonyl (C=O) groups is 3. The van der Waals surface area contributed by atoms with Crippen molar-refractivity contribution in [1.82, 2.24) is 10.2 Å². The van der Waals surface area contributed by atoms with Crippen LogP contribution in [-0.4, -0.2) is 81.7 Å². The Morgan fingerprint density at radius 1 is 1.07 bits per heavy atom. The minimum absolute atomic E-state index is 0.0172. The lowest BCUT2D eigenvalue weighted by Gasteiger charge is -2.50. The number of nitrogens with one attached hydrogen (secondary N) is 1. The van der Waals surface area contributed by atoms with E-state index in [9.17, 15) is 34.8 Å². The van der Waals surface area contributed by atoms with Gasteiger partial charge >= 0.3 is 0 Å². The van der Waals surface area contributed by atoms with Crippen LogP contribution >= 0.6 is 0 Å². The molecule has 4 aliphatic carbocycles. The van der Waals surface area contributed by atoms with Crippen LogP contribution in [0.2, 0.25) is 0 Å². The Kier molecular flexibility index (Phi) is 8.20. The number of benzene rings is 2. The highest BCUT2D eigenvalue weighted by molar-refractivity contribution is 6.25. The summed E-state index contributed by atoms with van der Waals surface area (Å²) in [6.45, 7) is 0.661. The molecule has 4 atom stereocenters. The number of rotatable bonds is 7. The fraction of sp³-hybridized carbons (Fsp3) is 0.457. The third-order valence-electron chi connectivity index (χ3n) is 10.4. The molecule has 11 nitrogen and oxygen atoms in total. The number of ketones is 2. The van der Waals surface area contributed by atoms with E-state index < -0.39 is 58.0 Å². The molecule has 2 aromatic rings. The average molecular weight is 632 g/mol. The van der Waals surface area contributed by atoms with Gasteiger partial charge in [-0.2, -0.15) is 0 Å². The number of nitrogens with zero attached hydrogens (tertiary/aromatic N) is 1. The summed E-state index contributed by atoms with van der Waals surface area (Å²) >= 11 is 0. The zero-order valence-electron chi connectivity index (χ0n) is 26.3. The molecular formula is C35H41N3O8. The Labute approximate surface area is 267 Å². The number of hydrogen-bond acceptors (Lipinski definition) is 10. The van der Waals surface area contributed by atoms with Crippen LogP contribution in [0.25, 0.3) is 11.1 Å². The predicted octanol–water partition coefficient (Wildman–Crippen LogP) is 3.22. The Balaban J connectivity index is 1.45. The first-order valence-electron chi connectivity index (χ1n) is 15.8. The Hall–Kier alpha value is -4.19. The number of aliphatic hydroxyl groups is 3. The van der Waals surface area contributed by atoms with Crippen molar-refractivity contribution < 1.29 is 39.5 Å². The van der Waals surface area contributed by atoms with E-state index in [1.54, 1.807) is 27.3 Å². The molecule has 0 saturated heterocycles. The van der Waals surface area contributed by atoms with Crippen molar-refractivity contribution in [1.29, 1.82) is 0 Å². The van der Waals surface area contributed by atoms with Gasteiger partial charge in [-0.05, 0) is 80.6 Å². The molecule has 244 valence electrons. The molecule has 46 heavy (non-hydrogen) atoms. The molecule has 7 N–H and O–H groups in total. The lowest BCUT2D eigenvalue weighted by Crippen LogP contribution is -2.63. The van der Waals surface area contributed by atoms with Gasteiger partial charge in [-0.3, -0.25) is 19.3 Å². The number of fused-ring (bicyclic) bond motifs is 3. The van der Waals surface area contributed by atoms with Crippen LogP contribution in [-0.2, 0) is 22.6 Å². The zero-order chi connectivity index (χ0) is 33.1. The van der Waals surface area contributed by atoms with Crippen molar-refractivity contribution in [2.75, 3.05) is 21.2 Å². The highest BCUT2D eigenvalue weighted by Gasteiger charge is 2.63. The predicted molar refractivity (Wildman–Crippen MR) is 169 cm³/mol. The fourth-order valence-corrected chi connectivity index (χ4v) is 8.15. The van der Waals surface area contributed by atoms with Gasteiger partial charge in [0.1, 0.15) is 28.6 Å². The van der Waals surface area contributed by atoms with Gasteiger partial charge in [-0.25, -0.2) is 0 Å². The molecule has 1 fully saturated rings. The SMILES string of the molecule is COc1ccc(CNC2CCCCC2)cc1-c1ccc(O)c2c1C[C@H]1C[C@@H]3C(N(C)C)C(O)=C(C(N)=O)C(=O)[C@@]3(O)C(O)=C1C2=O. The minimum Gasteiger partial charge on any atom is -0.510 e. The van der Waals surface area contributed by atoms with Crippen LogP contribution in [0.3, 0.4) is 0 Å². The monoisotopic (exact) mass is 631 g/mol. The number of carbonyl (C=O) groups excluding carboxylic acids is 3. The van der Waals surface area contributed by atoms with Crippen molar-refractivity contribution in [3.8, 4) is 22.6 Å². The van der Waals surface area contributed by atoms with Crippen LogP contribution in [0.1, 0.15) is 60.0 Å². The van der Waals surface area contributed by atoms with Gasteiger partial charge in [0.15, 0.2) is 11.4 Å². The number of allylic oxidation sites excluding steroid dienone is 1. The van der Waals surface area contributed by atoms with E-state index in [0.29, 0.717) is 29.5 Å². The number of hydrogen-bond donors (Lipinski definition) is 6. The number of primary amides is 1. The molecule has 1 saturated carbocycles. The van der Waals surface area contributed by atoms with Crippen LogP contribution < -0.4 is 15.8 Å². The van der Waals surface area contributed by atoms with Crippen molar-refractivity contribution in [2.45, 2.75) is 69.2 Å². The largest absolute Gasteiger partial charge is 0.510 e. The first kappa shape index (κ1) is 31.8. The molecule has 6 rings (SSSR count). The third-order valence-corrected chi connectivity index (χ3v) is 10.4. The number of Topliss-reactive ketones (excluding diaryl/α,β-unsaturated/α-hetero) is 2. The van der Waals surface area contributed by atoms with Gasteiger partial charge in [-0.1, -0.05) is 31.4 Å². The van der Waals surface area contributed by atoms with Crippen LogP contribution in [0, 0.1) is 11.8 Å². The van der Waals surface area contributed by atoms with Crippen molar-refractivity contribution in [3.63, 3.8) is 0 Å². The molecule has 1 amide bonds. The van der Waals surface area contributed by atoms with E-state index in [1.165, 1.54) is 30.2 Å². The number of phenols is 1. The van der Waals surface area contributed by atoms with Gasteiger partial charge in [-0.15, -0.1) is 0 Å². The second-order valence-corrected chi connectivity index (χ2v) is 13.2. The second kappa shape index (κ2) is 11.9. The third kappa shape index (κ3) is 4.88. The summed E-state index contributed by atoms with van der Waals surface area (Å²) in [7, 11) is 4.77. The molecule has 0 aliphatic heterocycles. The quantitative estimate of drug-likeness (QED) is 0.248. The summed E-state index contributed by atoms with van der Waals surface area (Å²) in [5.41, 5.74) is 4.69. The molecule has 0 radical (unpaired) electrons. The summed E-state index contributed by atoms with van der Waals surface area (Å²) in [5.74, 6) is -6.21. The number of methoxy groups -OCH3 is 1. The smallest absolute Gasteiger partial charge is 0.255 e. The fourth-order valence-electron chi connectivity index (χ4n) is 8.15. The number of ether oxygens (including phenoxy) is 1. The van der Waals surface area contributed by atoms with Gasteiger partial charge in [0.05, 0.1) is 18.7 Å². The van der Waals surface area contributed by atoms with Crippen LogP contribution in [0.5, 0.6) is 11.5 Å². The number of nitrogens with two attached hydrogens (primary N) is 1. The van der Waals surface area contributed by atoms with E-state index in [1.807, 2.05) is 18.2 Å². The number of aliphatic hydroxyl groups excluding tert-OH is 2. The Bertz CT molecular complexity index is 1690. The van der Waals surface area contributed by atoms with Gasteiger partial charge in [0.2, 0.25) is 5.78 Å². The zero-order valence-corrected chi connectivity index (χ0v) is 26.3. The van der Waals surface area contributed by atoms with Crippen LogP contribution in [0.4, 0.5) is 0 Å². The molecule has 2 aromatic carbocycles. The van der Waals surface area contributed by atoms with E-state index in [0.717, 1.165) is 24.0 Å². The highest BCUT2D eigenvalue weighted by Crippen LogP contribution is 2.53. The van der Waals surface area contributed by atoms with Gasteiger partial charge in [0, 0.05) is 29.6 Å². The summed E-state index contributed by atoms with van der Waals surface area (Å²) in [4.78, 5) is 41.5. The number of likely N-dealkylation sites (N-methyl/N-ethyl adjacent to an activating group) is 1. The maximum absolute atomic E-state index is 14.2. The summed E-state index contributed by atoms with van der Waals surface area (Å²) in [5, 5.41) is 49.1. The maximum Gasteiger partial charge on any atom is 0.255 e. The molecule has 11 heteroatoms. The van der Waals surface area contributed by atoms with E-state index >= 15 is 0 Å². The van der Waals surface area contributed by atoms with E-state index in [2.05, 4.69) is 5.32 Å². The van der Waals surface area contributed by atoms with Gasteiger partial charge < -0.3 is 36.2 Å². The topological polar surface area (TPSA) is 183 Å². The minimum atomic E-state index is -2.68. The molecule has 0 bridgehead atoms. The first-order chi connectivity index (χ1) is 21.9. The average Bonchev–Trinajstić information content (AvgIpc) is 3.02. The van der Waals surface area contributed by atoms with Gasteiger partial charge in [0.25, 0.3) is 5.91 Å². The normalized spacial score (nSPS) is 26.6. The Morgan fingerprint density at radius 3 is 2.43 bits per heavy atom.